The van der Waals surface area contributed by atoms with E-state index in [0.29, 0.717) is 0 Å². The first-order valence-corrected chi connectivity index (χ1v) is 7.21. The van der Waals surface area contributed by atoms with Crippen molar-refractivity contribution in [3.05, 3.63) is 27.9 Å². The Morgan fingerprint density at radius 2 is 1.89 bits per heavy atom. The molecular weight excluding hydrogens is 306 g/mol. The summed E-state index contributed by atoms with van der Waals surface area (Å²) >= 11 is 3.58. The van der Waals surface area contributed by atoms with E-state index in [2.05, 4.69) is 39.9 Å². The summed E-state index contributed by atoms with van der Waals surface area (Å²) in [5.74, 6) is 0.973. The molecule has 1 aromatic heterocycles. The summed E-state index contributed by atoms with van der Waals surface area (Å²) in [7, 11) is 0. The van der Waals surface area contributed by atoms with Crippen LogP contribution in [0.2, 0.25) is 0 Å². The number of morpholine rings is 1. The van der Waals surface area contributed by atoms with Gasteiger partial charge in [0.2, 0.25) is 0 Å². The van der Waals surface area contributed by atoms with Gasteiger partial charge in [-0.15, -0.1) is 0 Å². The molecule has 19 heavy (non-hydrogen) atoms. The van der Waals surface area contributed by atoms with Gasteiger partial charge in [0.05, 0.1) is 24.4 Å². The van der Waals surface area contributed by atoms with E-state index in [1.165, 1.54) is 5.56 Å². The maximum absolute atomic E-state index is 5.39. The second-order valence-electron chi connectivity index (χ2n) is 4.85. The molecule has 1 aliphatic rings. The van der Waals surface area contributed by atoms with Crippen molar-refractivity contribution in [3.8, 4) is 0 Å². The molecular formula is C14H16BrN3O. The maximum atomic E-state index is 5.39. The van der Waals surface area contributed by atoms with Crippen LogP contribution in [0.25, 0.3) is 11.0 Å². The van der Waals surface area contributed by atoms with Crippen LogP contribution in [0.4, 0.5) is 5.82 Å². The third-order valence-electron chi connectivity index (χ3n) is 3.33. The summed E-state index contributed by atoms with van der Waals surface area (Å²) in [6.07, 6.45) is 0. The highest BCUT2D eigenvalue weighted by Crippen LogP contribution is 2.27. The minimum atomic E-state index is 0.758. The summed E-state index contributed by atoms with van der Waals surface area (Å²) in [5, 5.41) is 0. The van der Waals surface area contributed by atoms with Crippen LogP contribution >= 0.6 is 15.9 Å². The Morgan fingerprint density at radius 3 is 2.63 bits per heavy atom. The lowest BCUT2D eigenvalue weighted by Crippen LogP contribution is -2.37. The molecule has 2 aromatic rings. The van der Waals surface area contributed by atoms with Crippen LogP contribution in [-0.4, -0.2) is 36.3 Å². The van der Waals surface area contributed by atoms with Gasteiger partial charge in [-0.1, -0.05) is 0 Å². The molecule has 0 bridgehead atoms. The number of aryl methyl sites for hydroxylation is 2. The highest BCUT2D eigenvalue weighted by molar-refractivity contribution is 9.10. The third-order valence-corrected chi connectivity index (χ3v) is 3.93. The monoisotopic (exact) mass is 321 g/mol. The lowest BCUT2D eigenvalue weighted by atomic mass is 10.2. The molecule has 5 heteroatoms. The van der Waals surface area contributed by atoms with Gasteiger partial charge in [-0.25, -0.2) is 9.97 Å². The number of halogens is 1. The Bertz CT molecular complexity index is 624. The van der Waals surface area contributed by atoms with Crippen molar-refractivity contribution >= 4 is 32.8 Å². The van der Waals surface area contributed by atoms with E-state index < -0.39 is 0 Å². The Balaban J connectivity index is 2.12. The Morgan fingerprint density at radius 1 is 1.16 bits per heavy atom. The van der Waals surface area contributed by atoms with Crippen LogP contribution in [0, 0.1) is 13.8 Å². The van der Waals surface area contributed by atoms with Crippen molar-refractivity contribution in [2.75, 3.05) is 31.2 Å². The average molecular weight is 322 g/mol. The molecule has 3 rings (SSSR count). The van der Waals surface area contributed by atoms with Gasteiger partial charge in [0, 0.05) is 17.6 Å². The van der Waals surface area contributed by atoms with Crippen molar-refractivity contribution in [3.63, 3.8) is 0 Å². The number of hydrogen-bond donors (Lipinski definition) is 0. The fourth-order valence-corrected chi connectivity index (χ4v) is 3.06. The summed E-state index contributed by atoms with van der Waals surface area (Å²) < 4.78 is 6.39. The van der Waals surface area contributed by atoms with Crippen molar-refractivity contribution in [2.45, 2.75) is 13.8 Å². The van der Waals surface area contributed by atoms with Crippen LogP contribution < -0.4 is 4.90 Å². The fraction of sp³-hybridized carbons (Fsp3) is 0.429. The number of hydrogen-bond acceptors (Lipinski definition) is 4. The third kappa shape index (κ3) is 2.44. The van der Waals surface area contributed by atoms with Crippen LogP contribution in [0.5, 0.6) is 0 Å². The Labute approximate surface area is 120 Å². The zero-order valence-corrected chi connectivity index (χ0v) is 12.7. The molecule has 1 saturated heterocycles. The molecule has 2 heterocycles. The number of anilines is 1. The van der Waals surface area contributed by atoms with E-state index in [0.717, 1.165) is 53.3 Å². The molecule has 1 fully saturated rings. The molecule has 4 nitrogen and oxygen atoms in total. The van der Waals surface area contributed by atoms with Gasteiger partial charge in [0.25, 0.3) is 0 Å². The van der Waals surface area contributed by atoms with Gasteiger partial charge in [0.1, 0.15) is 5.52 Å². The van der Waals surface area contributed by atoms with E-state index >= 15 is 0 Å². The molecule has 1 aliphatic heterocycles. The lowest BCUT2D eigenvalue weighted by molar-refractivity contribution is 0.122. The summed E-state index contributed by atoms with van der Waals surface area (Å²) in [5.41, 5.74) is 4.04. The van der Waals surface area contributed by atoms with Crippen LogP contribution in [-0.2, 0) is 4.74 Å². The second kappa shape index (κ2) is 5.06. The van der Waals surface area contributed by atoms with E-state index in [9.17, 15) is 0 Å². The number of nitrogens with zero attached hydrogens (tertiary/aromatic N) is 3. The number of aromatic nitrogens is 2. The molecule has 0 N–H and O–H groups in total. The molecule has 100 valence electrons. The predicted octanol–water partition coefficient (Wildman–Crippen LogP) is 2.85. The zero-order chi connectivity index (χ0) is 13.4. The Hall–Kier alpha value is -1.20. The van der Waals surface area contributed by atoms with Gasteiger partial charge in [-0.3, -0.25) is 0 Å². The van der Waals surface area contributed by atoms with Gasteiger partial charge >= 0.3 is 0 Å². The van der Waals surface area contributed by atoms with Crippen molar-refractivity contribution in [1.82, 2.24) is 9.97 Å². The van der Waals surface area contributed by atoms with Crippen LogP contribution in [0.15, 0.2) is 16.6 Å². The number of rotatable bonds is 1. The molecule has 0 saturated carbocycles. The van der Waals surface area contributed by atoms with E-state index in [4.69, 9.17) is 14.7 Å². The normalized spacial score (nSPS) is 16.1. The topological polar surface area (TPSA) is 38.2 Å². The number of benzene rings is 1. The fourth-order valence-electron chi connectivity index (χ4n) is 2.40. The van der Waals surface area contributed by atoms with E-state index in [1.807, 2.05) is 6.92 Å². The predicted molar refractivity (Wildman–Crippen MR) is 79.7 cm³/mol. The zero-order valence-electron chi connectivity index (χ0n) is 11.1. The number of ether oxygens (including phenoxy) is 1. The molecule has 0 atom stereocenters. The average Bonchev–Trinajstić information content (AvgIpc) is 2.38. The smallest absolute Gasteiger partial charge is 0.151 e. The minimum Gasteiger partial charge on any atom is -0.378 e. The van der Waals surface area contributed by atoms with Crippen molar-refractivity contribution < 1.29 is 4.74 Å². The molecule has 0 radical (unpaired) electrons. The maximum Gasteiger partial charge on any atom is 0.151 e. The number of fused-ring (bicyclic) bond motifs is 1. The van der Waals surface area contributed by atoms with Crippen LogP contribution in [0.1, 0.15) is 11.3 Å². The minimum absolute atomic E-state index is 0.758. The standard InChI is InChI=1S/C14H16BrN3O/c1-9-7-11(15)13-12(8-9)16-10(2)14(17-13)18-3-5-19-6-4-18/h7-8H,3-6H2,1-2H3. The summed E-state index contributed by atoms with van der Waals surface area (Å²) in [6.45, 7) is 7.36. The molecule has 0 unspecified atom stereocenters. The van der Waals surface area contributed by atoms with E-state index in [-0.39, 0.29) is 0 Å². The first-order valence-electron chi connectivity index (χ1n) is 6.42. The van der Waals surface area contributed by atoms with E-state index in [1.54, 1.807) is 0 Å². The first kappa shape index (κ1) is 12.8. The molecule has 0 amide bonds. The van der Waals surface area contributed by atoms with Crippen molar-refractivity contribution in [2.24, 2.45) is 0 Å². The Kier molecular flexibility index (Phi) is 3.41. The highest BCUT2D eigenvalue weighted by atomic mass is 79.9. The van der Waals surface area contributed by atoms with Gasteiger partial charge in [0.15, 0.2) is 5.82 Å². The quantitative estimate of drug-likeness (QED) is 0.809. The van der Waals surface area contributed by atoms with Gasteiger partial charge in [-0.05, 0) is 47.5 Å². The largest absolute Gasteiger partial charge is 0.378 e. The van der Waals surface area contributed by atoms with Gasteiger partial charge < -0.3 is 9.64 Å². The molecule has 0 aliphatic carbocycles. The first-order chi connectivity index (χ1) is 9.15. The lowest BCUT2D eigenvalue weighted by Gasteiger charge is -2.28. The summed E-state index contributed by atoms with van der Waals surface area (Å²) in [4.78, 5) is 11.7. The summed E-state index contributed by atoms with van der Waals surface area (Å²) in [6, 6.07) is 4.15. The second-order valence-corrected chi connectivity index (χ2v) is 5.70. The SMILES string of the molecule is Cc1cc(Br)c2nc(N3CCOCC3)c(C)nc2c1. The highest BCUT2D eigenvalue weighted by Gasteiger charge is 2.17. The molecule has 1 aromatic carbocycles. The molecule has 0 spiro atoms. The van der Waals surface area contributed by atoms with Gasteiger partial charge in [-0.2, -0.15) is 0 Å². The van der Waals surface area contributed by atoms with Crippen LogP contribution in [0.3, 0.4) is 0 Å². The van der Waals surface area contributed by atoms with Crippen molar-refractivity contribution in [1.29, 1.82) is 0 Å².